The molecule has 4 nitrogen and oxygen atoms in total. The summed E-state index contributed by atoms with van der Waals surface area (Å²) >= 11 is 3.35. The van der Waals surface area contributed by atoms with Gasteiger partial charge in [0.2, 0.25) is 11.7 Å². The van der Waals surface area contributed by atoms with Crippen molar-refractivity contribution in [3.8, 4) is 11.5 Å². The summed E-state index contributed by atoms with van der Waals surface area (Å²) < 4.78 is 11.2. The summed E-state index contributed by atoms with van der Waals surface area (Å²) in [6.45, 7) is 3.71. The first kappa shape index (κ1) is 14.2. The number of carbonyl (C=O) groups excluding carboxylic acids is 1. The van der Waals surface area contributed by atoms with E-state index in [0.717, 1.165) is 23.9 Å². The van der Waals surface area contributed by atoms with Crippen LogP contribution in [0, 0.1) is 0 Å². The van der Waals surface area contributed by atoms with Crippen molar-refractivity contribution in [2.24, 2.45) is 0 Å². The van der Waals surface area contributed by atoms with E-state index in [1.54, 1.807) is 6.07 Å². The second kappa shape index (κ2) is 5.82. The Morgan fingerprint density at radius 2 is 2.00 bits per heavy atom. The van der Waals surface area contributed by atoms with Crippen LogP contribution in [-0.2, 0) is 4.79 Å². The Morgan fingerprint density at radius 3 is 2.74 bits per heavy atom. The molecule has 1 N–H and O–H groups in total. The Bertz CT molecular complexity index is 474. The summed E-state index contributed by atoms with van der Waals surface area (Å²) in [4.78, 5) is 11.7. The zero-order valence-electron chi connectivity index (χ0n) is 11.2. The third-order valence-corrected chi connectivity index (χ3v) is 3.29. The first-order valence-electron chi connectivity index (χ1n) is 6.38. The maximum absolute atomic E-state index is 11.7. The summed E-state index contributed by atoms with van der Waals surface area (Å²) in [5.41, 5.74) is 0.740. The fraction of sp³-hybridized carbons (Fsp3) is 0.500. The molecule has 0 saturated carbocycles. The largest absolute Gasteiger partial charge is 0.449 e. The number of amides is 1. The lowest BCUT2D eigenvalue weighted by molar-refractivity contribution is -0.116. The fourth-order valence-electron chi connectivity index (χ4n) is 1.90. The predicted octanol–water partition coefficient (Wildman–Crippen LogP) is 3.70. The molecule has 1 amide bonds. The van der Waals surface area contributed by atoms with Gasteiger partial charge in [0.25, 0.3) is 0 Å². The van der Waals surface area contributed by atoms with Crippen molar-refractivity contribution in [1.82, 2.24) is 0 Å². The van der Waals surface area contributed by atoms with Crippen LogP contribution in [0.4, 0.5) is 5.69 Å². The van der Waals surface area contributed by atoms with E-state index in [9.17, 15) is 4.79 Å². The molecule has 104 valence electrons. The van der Waals surface area contributed by atoms with Crippen molar-refractivity contribution in [3.63, 3.8) is 0 Å². The van der Waals surface area contributed by atoms with E-state index in [2.05, 4.69) is 21.2 Å². The Balaban J connectivity index is 1.95. The number of hydrogen-bond donors (Lipinski definition) is 1. The number of rotatable bonds is 5. The van der Waals surface area contributed by atoms with Crippen LogP contribution >= 0.6 is 15.9 Å². The zero-order chi connectivity index (χ0) is 13.9. The minimum atomic E-state index is -0.638. The molecule has 0 aliphatic carbocycles. The lowest BCUT2D eigenvalue weighted by atomic mass is 10.2. The topological polar surface area (TPSA) is 47.6 Å². The Hall–Kier alpha value is -1.23. The molecule has 1 aliphatic rings. The number of alkyl halides is 1. The molecule has 0 bridgehead atoms. The minimum Gasteiger partial charge on any atom is -0.449 e. The number of benzene rings is 1. The molecule has 1 heterocycles. The third kappa shape index (κ3) is 3.86. The predicted molar refractivity (Wildman–Crippen MR) is 78.1 cm³/mol. The van der Waals surface area contributed by atoms with Gasteiger partial charge in [0.05, 0.1) is 0 Å². The van der Waals surface area contributed by atoms with Gasteiger partial charge in [-0.05, 0) is 25.0 Å². The first-order chi connectivity index (χ1) is 9.00. The molecule has 2 rings (SSSR count). The van der Waals surface area contributed by atoms with Crippen LogP contribution in [0.5, 0.6) is 11.5 Å². The van der Waals surface area contributed by atoms with Gasteiger partial charge in [0, 0.05) is 37.4 Å². The van der Waals surface area contributed by atoms with Gasteiger partial charge in [0.15, 0.2) is 11.5 Å². The van der Waals surface area contributed by atoms with Crippen LogP contribution < -0.4 is 14.8 Å². The number of fused-ring (bicyclic) bond motifs is 1. The highest BCUT2D eigenvalue weighted by Crippen LogP contribution is 2.40. The molecular formula is C14H18BrNO3. The molecule has 0 aromatic heterocycles. The highest BCUT2D eigenvalue weighted by molar-refractivity contribution is 9.09. The fourth-order valence-corrected chi connectivity index (χ4v) is 2.30. The van der Waals surface area contributed by atoms with Crippen LogP contribution in [0.2, 0.25) is 0 Å². The number of nitrogens with one attached hydrogen (secondary N) is 1. The first-order valence-corrected chi connectivity index (χ1v) is 7.50. The van der Waals surface area contributed by atoms with Gasteiger partial charge in [-0.2, -0.15) is 0 Å². The third-order valence-electron chi connectivity index (χ3n) is 2.73. The van der Waals surface area contributed by atoms with Crippen LogP contribution in [0.1, 0.15) is 33.1 Å². The quantitative estimate of drug-likeness (QED) is 0.662. The highest BCUT2D eigenvalue weighted by atomic mass is 79.9. The Labute approximate surface area is 121 Å². The van der Waals surface area contributed by atoms with Crippen molar-refractivity contribution >= 4 is 27.5 Å². The maximum Gasteiger partial charge on any atom is 0.246 e. The van der Waals surface area contributed by atoms with Crippen molar-refractivity contribution in [1.29, 1.82) is 0 Å². The number of anilines is 1. The summed E-state index contributed by atoms with van der Waals surface area (Å²) in [7, 11) is 0. The van der Waals surface area contributed by atoms with E-state index in [4.69, 9.17) is 9.47 Å². The van der Waals surface area contributed by atoms with E-state index in [0.29, 0.717) is 17.9 Å². The van der Waals surface area contributed by atoms with Gasteiger partial charge in [-0.15, -0.1) is 0 Å². The molecule has 0 radical (unpaired) electrons. The average molecular weight is 328 g/mol. The second-order valence-corrected chi connectivity index (χ2v) is 5.75. The molecule has 0 spiro atoms. The van der Waals surface area contributed by atoms with E-state index in [1.807, 2.05) is 26.0 Å². The summed E-state index contributed by atoms with van der Waals surface area (Å²) in [6, 6.07) is 5.44. The SMILES string of the molecule is CC1(C)Oc2ccc(NC(=O)CCCCBr)cc2O1. The van der Waals surface area contributed by atoms with Crippen LogP contribution in [0.3, 0.4) is 0 Å². The van der Waals surface area contributed by atoms with E-state index in [-0.39, 0.29) is 5.91 Å². The molecule has 0 unspecified atom stereocenters. The van der Waals surface area contributed by atoms with Crippen LogP contribution in [0.15, 0.2) is 18.2 Å². The maximum atomic E-state index is 11.7. The Kier molecular flexibility index (Phi) is 4.34. The number of halogens is 1. The van der Waals surface area contributed by atoms with Gasteiger partial charge in [0.1, 0.15) is 0 Å². The minimum absolute atomic E-state index is 0.0269. The van der Waals surface area contributed by atoms with Crippen LogP contribution in [-0.4, -0.2) is 17.0 Å². The summed E-state index contributed by atoms with van der Waals surface area (Å²) in [5, 5.41) is 3.80. The zero-order valence-corrected chi connectivity index (χ0v) is 12.7. The molecule has 19 heavy (non-hydrogen) atoms. The van der Waals surface area contributed by atoms with Crippen molar-refractivity contribution < 1.29 is 14.3 Å². The molecule has 0 atom stereocenters. The van der Waals surface area contributed by atoms with Crippen molar-refractivity contribution in [2.75, 3.05) is 10.6 Å². The molecule has 0 fully saturated rings. The van der Waals surface area contributed by atoms with E-state index >= 15 is 0 Å². The number of carbonyl (C=O) groups is 1. The molecule has 0 saturated heterocycles. The number of unbranched alkanes of at least 4 members (excludes halogenated alkanes) is 1. The number of hydrogen-bond acceptors (Lipinski definition) is 3. The monoisotopic (exact) mass is 327 g/mol. The normalized spacial score (nSPS) is 15.3. The van der Waals surface area contributed by atoms with Crippen LogP contribution in [0.25, 0.3) is 0 Å². The van der Waals surface area contributed by atoms with Gasteiger partial charge in [-0.1, -0.05) is 15.9 Å². The standard InChI is InChI=1S/C14H18BrNO3/c1-14(2)18-11-7-6-10(9-12(11)19-14)16-13(17)5-3-4-8-15/h6-7,9H,3-5,8H2,1-2H3,(H,16,17). The van der Waals surface area contributed by atoms with Gasteiger partial charge in [-0.3, -0.25) is 4.79 Å². The highest BCUT2D eigenvalue weighted by Gasteiger charge is 2.31. The molecule has 5 heteroatoms. The molecule has 1 aliphatic heterocycles. The number of ether oxygens (including phenoxy) is 2. The average Bonchev–Trinajstić information content (AvgIpc) is 2.62. The summed E-state index contributed by atoms with van der Waals surface area (Å²) in [6.07, 6.45) is 2.42. The van der Waals surface area contributed by atoms with E-state index < -0.39 is 5.79 Å². The van der Waals surface area contributed by atoms with E-state index in [1.165, 1.54) is 0 Å². The second-order valence-electron chi connectivity index (χ2n) is 4.96. The summed E-state index contributed by atoms with van der Waals surface area (Å²) in [5.74, 6) is 0.769. The molecule has 1 aromatic rings. The van der Waals surface area contributed by atoms with Crippen molar-refractivity contribution in [3.05, 3.63) is 18.2 Å². The molecule has 1 aromatic carbocycles. The lowest BCUT2D eigenvalue weighted by Crippen LogP contribution is -2.29. The van der Waals surface area contributed by atoms with Gasteiger partial charge < -0.3 is 14.8 Å². The molecular weight excluding hydrogens is 310 g/mol. The van der Waals surface area contributed by atoms with Gasteiger partial charge >= 0.3 is 0 Å². The van der Waals surface area contributed by atoms with Crippen molar-refractivity contribution in [2.45, 2.75) is 38.9 Å². The smallest absolute Gasteiger partial charge is 0.246 e. The Morgan fingerprint density at radius 1 is 1.26 bits per heavy atom. The van der Waals surface area contributed by atoms with Gasteiger partial charge in [-0.25, -0.2) is 0 Å². The lowest BCUT2D eigenvalue weighted by Gasteiger charge is -2.16.